The fourth-order valence-corrected chi connectivity index (χ4v) is 3.25. The van der Waals surface area contributed by atoms with Crippen LogP contribution in [0.2, 0.25) is 5.02 Å². The van der Waals surface area contributed by atoms with E-state index in [0.717, 1.165) is 25.7 Å². The summed E-state index contributed by atoms with van der Waals surface area (Å²) in [6.45, 7) is 2.33. The van der Waals surface area contributed by atoms with E-state index in [9.17, 15) is 9.59 Å². The Bertz CT molecular complexity index is 670. The molecule has 142 valence electrons. The van der Waals surface area contributed by atoms with Crippen molar-refractivity contribution in [1.82, 2.24) is 10.9 Å². The average molecular weight is 381 g/mol. The van der Waals surface area contributed by atoms with Crippen LogP contribution in [0.25, 0.3) is 6.08 Å². The van der Waals surface area contributed by atoms with Gasteiger partial charge in [-0.2, -0.15) is 0 Å². The predicted octanol–water partition coefficient (Wildman–Crippen LogP) is 3.49. The van der Waals surface area contributed by atoms with Crippen LogP contribution in [0.15, 0.2) is 18.2 Å². The number of ether oxygens (including phenoxy) is 2. The maximum atomic E-state index is 12.0. The van der Waals surface area contributed by atoms with Crippen LogP contribution in [0.4, 0.5) is 0 Å². The van der Waals surface area contributed by atoms with Crippen molar-refractivity contribution in [3.05, 3.63) is 28.8 Å². The van der Waals surface area contributed by atoms with Gasteiger partial charge in [0, 0.05) is 12.0 Å². The summed E-state index contributed by atoms with van der Waals surface area (Å²) in [5.74, 6) is 0.404. The lowest BCUT2D eigenvalue weighted by atomic mass is 9.89. The molecule has 2 rings (SSSR count). The highest BCUT2D eigenvalue weighted by Gasteiger charge is 2.21. The third-order valence-electron chi connectivity index (χ3n) is 4.25. The second kappa shape index (κ2) is 10.1. The fraction of sp³-hybridized carbons (Fsp3) is 0.474. The van der Waals surface area contributed by atoms with Gasteiger partial charge in [-0.3, -0.25) is 20.4 Å². The van der Waals surface area contributed by atoms with Gasteiger partial charge in [0.2, 0.25) is 5.91 Å². The Balaban J connectivity index is 1.93. The van der Waals surface area contributed by atoms with Gasteiger partial charge in [-0.15, -0.1) is 0 Å². The zero-order valence-electron chi connectivity index (χ0n) is 15.1. The molecule has 0 aliphatic heterocycles. The Hall–Kier alpha value is -2.21. The van der Waals surface area contributed by atoms with Gasteiger partial charge < -0.3 is 9.47 Å². The van der Waals surface area contributed by atoms with E-state index in [2.05, 4.69) is 10.9 Å². The Morgan fingerprint density at radius 2 is 1.96 bits per heavy atom. The predicted molar refractivity (Wildman–Crippen MR) is 101 cm³/mol. The highest BCUT2D eigenvalue weighted by Crippen LogP contribution is 2.36. The Kier molecular flexibility index (Phi) is 7.78. The number of amides is 2. The zero-order valence-corrected chi connectivity index (χ0v) is 15.9. The molecule has 26 heavy (non-hydrogen) atoms. The summed E-state index contributed by atoms with van der Waals surface area (Å²) in [7, 11) is 1.52. The van der Waals surface area contributed by atoms with E-state index in [1.54, 1.807) is 18.2 Å². The quantitative estimate of drug-likeness (QED) is 0.585. The van der Waals surface area contributed by atoms with Crippen molar-refractivity contribution >= 4 is 29.5 Å². The van der Waals surface area contributed by atoms with E-state index >= 15 is 0 Å². The molecule has 2 N–H and O–H groups in total. The number of halogens is 1. The molecule has 0 heterocycles. The molecule has 1 fully saturated rings. The molecule has 6 nitrogen and oxygen atoms in total. The molecule has 0 unspecified atom stereocenters. The van der Waals surface area contributed by atoms with Crippen LogP contribution < -0.4 is 20.3 Å². The number of benzene rings is 1. The summed E-state index contributed by atoms with van der Waals surface area (Å²) in [5.41, 5.74) is 5.59. The fourth-order valence-electron chi connectivity index (χ4n) is 2.95. The number of methoxy groups -OCH3 is 1. The van der Waals surface area contributed by atoms with Crippen molar-refractivity contribution in [2.45, 2.75) is 39.0 Å². The first-order valence-corrected chi connectivity index (χ1v) is 9.21. The van der Waals surface area contributed by atoms with E-state index in [4.69, 9.17) is 21.1 Å². The lowest BCUT2D eigenvalue weighted by Crippen LogP contribution is -2.44. The minimum Gasteiger partial charge on any atom is -0.491 e. The van der Waals surface area contributed by atoms with Crippen LogP contribution in [-0.2, 0) is 9.59 Å². The van der Waals surface area contributed by atoms with Gasteiger partial charge in [0.25, 0.3) is 5.91 Å². The molecule has 0 saturated heterocycles. The van der Waals surface area contributed by atoms with E-state index in [1.807, 2.05) is 6.92 Å². The maximum Gasteiger partial charge on any atom is 0.262 e. The number of hydrogen-bond donors (Lipinski definition) is 2. The van der Waals surface area contributed by atoms with E-state index in [0.29, 0.717) is 28.7 Å². The molecule has 0 radical (unpaired) electrons. The molecular weight excluding hydrogens is 356 g/mol. The number of carbonyl (C=O) groups excluding carboxylic acids is 2. The third kappa shape index (κ3) is 5.66. The highest BCUT2D eigenvalue weighted by atomic mass is 35.5. The van der Waals surface area contributed by atoms with Crippen LogP contribution in [0.5, 0.6) is 11.5 Å². The molecule has 1 aromatic rings. The van der Waals surface area contributed by atoms with Crippen molar-refractivity contribution in [2.24, 2.45) is 5.92 Å². The summed E-state index contributed by atoms with van der Waals surface area (Å²) >= 11 is 6.18. The summed E-state index contributed by atoms with van der Waals surface area (Å²) in [5, 5.41) is 0.393. The van der Waals surface area contributed by atoms with Crippen LogP contribution >= 0.6 is 11.6 Å². The first-order chi connectivity index (χ1) is 12.5. The average Bonchev–Trinajstić information content (AvgIpc) is 2.65. The van der Waals surface area contributed by atoms with Crippen molar-refractivity contribution in [1.29, 1.82) is 0 Å². The molecule has 7 heteroatoms. The molecular formula is C19H25ClN2O4. The van der Waals surface area contributed by atoms with Gasteiger partial charge in [-0.25, -0.2) is 0 Å². The van der Waals surface area contributed by atoms with E-state index < -0.39 is 5.91 Å². The summed E-state index contributed by atoms with van der Waals surface area (Å²) in [6.07, 6.45) is 7.97. The van der Waals surface area contributed by atoms with E-state index in [-0.39, 0.29) is 11.8 Å². The Morgan fingerprint density at radius 3 is 2.62 bits per heavy atom. The van der Waals surface area contributed by atoms with Crippen molar-refractivity contribution in [3.8, 4) is 11.5 Å². The first kappa shape index (κ1) is 20.1. The highest BCUT2D eigenvalue weighted by molar-refractivity contribution is 6.32. The number of carbonyl (C=O) groups is 2. The van der Waals surface area contributed by atoms with Crippen LogP contribution in [0.1, 0.15) is 44.6 Å². The zero-order chi connectivity index (χ0) is 18.9. The monoisotopic (exact) mass is 380 g/mol. The van der Waals surface area contributed by atoms with Crippen LogP contribution in [0.3, 0.4) is 0 Å². The molecule has 0 atom stereocenters. The topological polar surface area (TPSA) is 76.7 Å². The molecule has 0 aromatic heterocycles. The van der Waals surface area contributed by atoms with Crippen molar-refractivity contribution in [2.75, 3.05) is 13.7 Å². The van der Waals surface area contributed by atoms with Gasteiger partial charge in [-0.05, 0) is 43.5 Å². The van der Waals surface area contributed by atoms with Crippen LogP contribution in [-0.4, -0.2) is 25.5 Å². The normalized spacial score (nSPS) is 14.9. The third-order valence-corrected chi connectivity index (χ3v) is 4.53. The summed E-state index contributed by atoms with van der Waals surface area (Å²) < 4.78 is 10.7. The standard InChI is InChI=1S/C19H25ClN2O4/c1-3-26-16-12-13(11-15(20)18(16)25-2)9-10-17(23)21-22-19(24)14-7-5-4-6-8-14/h9-12,14H,3-8H2,1-2H3,(H,21,23)(H,22,24)/b10-9+. The minimum atomic E-state index is -0.418. The molecule has 2 amide bonds. The van der Waals surface area contributed by atoms with E-state index in [1.165, 1.54) is 19.6 Å². The number of hydrogen-bond acceptors (Lipinski definition) is 4. The van der Waals surface area contributed by atoms with Crippen molar-refractivity contribution in [3.63, 3.8) is 0 Å². The van der Waals surface area contributed by atoms with Crippen molar-refractivity contribution < 1.29 is 19.1 Å². The molecule has 1 aliphatic carbocycles. The molecule has 0 bridgehead atoms. The SMILES string of the molecule is CCOc1cc(/C=C/C(=O)NNC(=O)C2CCCCC2)cc(Cl)c1OC. The lowest BCUT2D eigenvalue weighted by molar-refractivity contribution is -0.130. The lowest BCUT2D eigenvalue weighted by Gasteiger charge is -2.20. The largest absolute Gasteiger partial charge is 0.491 e. The smallest absolute Gasteiger partial charge is 0.262 e. The van der Waals surface area contributed by atoms with Crippen LogP contribution in [0, 0.1) is 5.92 Å². The maximum absolute atomic E-state index is 12.0. The second-order valence-electron chi connectivity index (χ2n) is 6.11. The number of nitrogens with one attached hydrogen (secondary N) is 2. The van der Waals surface area contributed by atoms with Gasteiger partial charge in [0.15, 0.2) is 11.5 Å². The van der Waals surface area contributed by atoms with Gasteiger partial charge in [0.05, 0.1) is 18.7 Å². The molecule has 1 saturated carbocycles. The van der Waals surface area contributed by atoms with Gasteiger partial charge >= 0.3 is 0 Å². The molecule has 1 aromatic carbocycles. The molecule has 0 spiro atoms. The minimum absolute atomic E-state index is 0.0119. The molecule has 1 aliphatic rings. The van der Waals surface area contributed by atoms with Gasteiger partial charge in [-0.1, -0.05) is 30.9 Å². The van der Waals surface area contributed by atoms with Gasteiger partial charge in [0.1, 0.15) is 0 Å². The second-order valence-corrected chi connectivity index (χ2v) is 6.52. The number of rotatable bonds is 6. The Labute approximate surface area is 158 Å². The first-order valence-electron chi connectivity index (χ1n) is 8.83. The summed E-state index contributed by atoms with van der Waals surface area (Å²) in [4.78, 5) is 23.9. The Morgan fingerprint density at radius 1 is 1.23 bits per heavy atom. The number of hydrazine groups is 1. The summed E-state index contributed by atoms with van der Waals surface area (Å²) in [6, 6.07) is 3.41.